The lowest BCUT2D eigenvalue weighted by atomic mass is 10.2. The number of amides is 2. The van der Waals surface area contributed by atoms with E-state index in [9.17, 15) is 9.59 Å². The van der Waals surface area contributed by atoms with Crippen LogP contribution in [0.1, 0.15) is 12.8 Å². The number of hydrogen-bond acceptors (Lipinski definition) is 4. The van der Waals surface area contributed by atoms with Crippen LogP contribution < -0.4 is 5.32 Å². The van der Waals surface area contributed by atoms with Gasteiger partial charge in [0.1, 0.15) is 0 Å². The van der Waals surface area contributed by atoms with Crippen molar-refractivity contribution in [2.45, 2.75) is 24.9 Å². The molecule has 0 aromatic carbocycles. The van der Waals surface area contributed by atoms with Crippen molar-refractivity contribution in [3.63, 3.8) is 0 Å². The van der Waals surface area contributed by atoms with E-state index in [1.54, 1.807) is 16.7 Å². The van der Waals surface area contributed by atoms with Gasteiger partial charge in [0.25, 0.3) is 0 Å². The van der Waals surface area contributed by atoms with Gasteiger partial charge in [0.2, 0.25) is 11.8 Å². The van der Waals surface area contributed by atoms with Crippen LogP contribution in [0, 0.1) is 0 Å². The van der Waals surface area contributed by atoms with E-state index in [1.807, 2.05) is 4.90 Å². The van der Waals surface area contributed by atoms with Crippen LogP contribution in [0.15, 0.2) is 0 Å². The minimum absolute atomic E-state index is 0.0831. The number of nitrogens with zero attached hydrogens (tertiary/aromatic N) is 2. The van der Waals surface area contributed by atoms with Gasteiger partial charge in [-0.05, 0) is 12.8 Å². The summed E-state index contributed by atoms with van der Waals surface area (Å²) in [6, 6.07) is 0.389. The molecule has 0 spiro atoms. The number of rotatable bonds is 2. The number of carbonyl (C=O) groups is 2. The Morgan fingerprint density at radius 1 is 1.35 bits per heavy atom. The molecule has 17 heavy (non-hydrogen) atoms. The molecule has 1 unspecified atom stereocenters. The molecule has 2 amide bonds. The van der Waals surface area contributed by atoms with Gasteiger partial charge in [0.05, 0.1) is 12.6 Å². The van der Waals surface area contributed by atoms with E-state index in [1.165, 1.54) is 0 Å². The smallest absolute Gasteiger partial charge is 0.242 e. The van der Waals surface area contributed by atoms with Gasteiger partial charge in [-0.15, -0.1) is 11.8 Å². The maximum Gasteiger partial charge on any atom is 0.242 e. The second kappa shape index (κ2) is 4.49. The zero-order valence-electron chi connectivity index (χ0n) is 9.72. The molecule has 1 saturated carbocycles. The third-order valence-corrected chi connectivity index (χ3v) is 4.51. The molecule has 0 radical (unpaired) electrons. The second-order valence-electron chi connectivity index (χ2n) is 4.85. The highest BCUT2D eigenvalue weighted by atomic mass is 32.2. The van der Waals surface area contributed by atoms with Crippen LogP contribution in [0.4, 0.5) is 0 Å². The Morgan fingerprint density at radius 2 is 2.18 bits per heavy atom. The first-order chi connectivity index (χ1) is 8.25. The third kappa shape index (κ3) is 2.28. The summed E-state index contributed by atoms with van der Waals surface area (Å²) in [7, 11) is 0. The molecule has 3 fully saturated rings. The van der Waals surface area contributed by atoms with Crippen LogP contribution in [0.2, 0.25) is 0 Å². The van der Waals surface area contributed by atoms with Crippen molar-refractivity contribution in [1.29, 1.82) is 0 Å². The number of piperazine rings is 1. The number of carbonyl (C=O) groups excluding carboxylic acids is 2. The molecule has 2 saturated heterocycles. The Morgan fingerprint density at radius 3 is 2.76 bits per heavy atom. The zero-order chi connectivity index (χ0) is 11.8. The van der Waals surface area contributed by atoms with Crippen molar-refractivity contribution in [1.82, 2.24) is 15.1 Å². The van der Waals surface area contributed by atoms with E-state index in [0.717, 1.165) is 31.0 Å². The normalized spacial score (nSPS) is 29.9. The van der Waals surface area contributed by atoms with E-state index >= 15 is 0 Å². The molecule has 94 valence electrons. The summed E-state index contributed by atoms with van der Waals surface area (Å²) in [6.45, 7) is 1.69. The maximum atomic E-state index is 12.1. The fourth-order valence-corrected chi connectivity index (χ4v) is 3.35. The molecule has 2 aliphatic heterocycles. The molecular formula is C11H17N3O2S. The van der Waals surface area contributed by atoms with Gasteiger partial charge in [0, 0.05) is 30.8 Å². The van der Waals surface area contributed by atoms with Crippen molar-refractivity contribution in [3.05, 3.63) is 0 Å². The van der Waals surface area contributed by atoms with E-state index in [-0.39, 0.29) is 24.4 Å². The van der Waals surface area contributed by atoms with Gasteiger partial charge in [0.15, 0.2) is 0 Å². The maximum absolute atomic E-state index is 12.1. The van der Waals surface area contributed by atoms with Gasteiger partial charge >= 0.3 is 0 Å². The van der Waals surface area contributed by atoms with E-state index in [2.05, 4.69) is 5.32 Å². The average Bonchev–Trinajstić information content (AvgIpc) is 3.02. The molecule has 6 heteroatoms. The Balaban J connectivity index is 1.58. The number of nitrogens with one attached hydrogen (secondary N) is 1. The van der Waals surface area contributed by atoms with Gasteiger partial charge < -0.3 is 9.80 Å². The largest absolute Gasteiger partial charge is 0.336 e. The summed E-state index contributed by atoms with van der Waals surface area (Å²) in [4.78, 5) is 27.7. The van der Waals surface area contributed by atoms with Gasteiger partial charge in [-0.3, -0.25) is 14.9 Å². The van der Waals surface area contributed by atoms with Crippen molar-refractivity contribution >= 4 is 23.6 Å². The predicted molar refractivity (Wildman–Crippen MR) is 65.6 cm³/mol. The fourth-order valence-electron chi connectivity index (χ4n) is 2.42. The monoisotopic (exact) mass is 255 g/mol. The van der Waals surface area contributed by atoms with Crippen LogP contribution in [0.3, 0.4) is 0 Å². The highest BCUT2D eigenvalue weighted by Crippen LogP contribution is 2.28. The molecule has 1 N–H and O–H groups in total. The van der Waals surface area contributed by atoms with Crippen LogP contribution >= 0.6 is 11.8 Å². The van der Waals surface area contributed by atoms with Crippen molar-refractivity contribution < 1.29 is 9.59 Å². The average molecular weight is 255 g/mol. The van der Waals surface area contributed by atoms with Crippen LogP contribution in [-0.4, -0.2) is 65.0 Å². The molecule has 5 nitrogen and oxygen atoms in total. The molecule has 0 aromatic heterocycles. The Labute approximate surface area is 105 Å². The summed E-state index contributed by atoms with van der Waals surface area (Å²) in [5, 5.41) is 3.16. The first-order valence-corrected chi connectivity index (χ1v) is 7.30. The zero-order valence-corrected chi connectivity index (χ0v) is 10.5. The van der Waals surface area contributed by atoms with Gasteiger partial charge in [-0.2, -0.15) is 0 Å². The van der Waals surface area contributed by atoms with E-state index < -0.39 is 0 Å². The quantitative estimate of drug-likeness (QED) is 0.721. The third-order valence-electron chi connectivity index (χ3n) is 3.57. The number of thioether (sulfide) groups is 1. The lowest BCUT2D eigenvalue weighted by molar-refractivity contribution is -0.146. The molecule has 1 aliphatic carbocycles. The summed E-state index contributed by atoms with van der Waals surface area (Å²) < 4.78 is 0. The van der Waals surface area contributed by atoms with Crippen molar-refractivity contribution in [2.24, 2.45) is 0 Å². The molecule has 3 aliphatic rings. The van der Waals surface area contributed by atoms with Crippen molar-refractivity contribution in [2.75, 3.05) is 31.3 Å². The fraction of sp³-hybridized carbons (Fsp3) is 0.818. The first kappa shape index (κ1) is 11.3. The lowest BCUT2D eigenvalue weighted by Crippen LogP contribution is -2.56. The SMILES string of the molecule is O=C(C1CSCN1)N1CCN(C2CC2)C(=O)C1. The summed E-state index contributed by atoms with van der Waals surface area (Å²) in [6.07, 6.45) is 2.28. The van der Waals surface area contributed by atoms with Crippen LogP contribution in [0.5, 0.6) is 0 Å². The van der Waals surface area contributed by atoms with Gasteiger partial charge in [-0.1, -0.05) is 0 Å². The van der Waals surface area contributed by atoms with Crippen LogP contribution in [-0.2, 0) is 9.59 Å². The highest BCUT2D eigenvalue weighted by Gasteiger charge is 2.38. The second-order valence-corrected chi connectivity index (χ2v) is 5.88. The Hall–Kier alpha value is -0.750. The summed E-state index contributed by atoms with van der Waals surface area (Å²) >= 11 is 1.74. The molecule has 0 bridgehead atoms. The number of hydrogen-bond donors (Lipinski definition) is 1. The predicted octanol–water partition coefficient (Wildman–Crippen LogP) is -0.518. The van der Waals surface area contributed by atoms with Crippen LogP contribution in [0.25, 0.3) is 0 Å². The standard InChI is InChI=1S/C11H17N3O2S/c15-10-5-13(3-4-14(10)8-1-2-8)11(16)9-6-17-7-12-9/h8-9,12H,1-7H2. The molecule has 0 aromatic rings. The summed E-state index contributed by atoms with van der Waals surface area (Å²) in [5.41, 5.74) is 0. The molecular weight excluding hydrogens is 238 g/mol. The molecule has 3 rings (SSSR count). The van der Waals surface area contributed by atoms with Gasteiger partial charge in [-0.25, -0.2) is 0 Å². The first-order valence-electron chi connectivity index (χ1n) is 6.15. The minimum atomic E-state index is -0.0831. The minimum Gasteiger partial charge on any atom is -0.336 e. The van der Waals surface area contributed by atoms with E-state index in [4.69, 9.17) is 0 Å². The Kier molecular flexibility index (Phi) is 3.00. The van der Waals surface area contributed by atoms with E-state index in [0.29, 0.717) is 12.6 Å². The Bertz CT molecular complexity index is 340. The topological polar surface area (TPSA) is 52.7 Å². The van der Waals surface area contributed by atoms with Crippen molar-refractivity contribution in [3.8, 4) is 0 Å². The molecule has 2 heterocycles. The highest BCUT2D eigenvalue weighted by molar-refractivity contribution is 7.99. The molecule has 1 atom stereocenters. The lowest BCUT2D eigenvalue weighted by Gasteiger charge is -2.35. The summed E-state index contributed by atoms with van der Waals surface area (Å²) in [5.74, 6) is 1.89.